The SMILES string of the molecule is C[C@]12CC[C@H]3[C@@H](CC[C@H]4CCCC[C@@]43C)[C@H]1C/C(=C\c1ccccc1)[C@@H]2O. The van der Waals surface area contributed by atoms with Crippen LogP contribution in [0.2, 0.25) is 0 Å². The Bertz CT molecular complexity index is 721. The van der Waals surface area contributed by atoms with Gasteiger partial charge in [-0.25, -0.2) is 0 Å². The van der Waals surface area contributed by atoms with Crippen molar-refractivity contribution in [2.45, 2.75) is 77.7 Å². The summed E-state index contributed by atoms with van der Waals surface area (Å²) in [4.78, 5) is 0. The molecule has 4 fully saturated rings. The number of fused-ring (bicyclic) bond motifs is 5. The second-order valence-electron chi connectivity index (χ2n) is 10.7. The predicted molar refractivity (Wildman–Crippen MR) is 112 cm³/mol. The lowest BCUT2D eigenvalue weighted by molar-refractivity contribution is -0.119. The minimum Gasteiger partial charge on any atom is -0.388 e. The highest BCUT2D eigenvalue weighted by atomic mass is 16.3. The van der Waals surface area contributed by atoms with Crippen LogP contribution in [0.3, 0.4) is 0 Å². The Hall–Kier alpha value is -1.08. The van der Waals surface area contributed by atoms with Crippen molar-refractivity contribution < 1.29 is 5.11 Å². The van der Waals surface area contributed by atoms with Crippen LogP contribution in [0, 0.1) is 34.5 Å². The molecular weight excluding hydrogens is 328 g/mol. The molecule has 5 rings (SSSR count). The van der Waals surface area contributed by atoms with Crippen molar-refractivity contribution >= 4 is 6.08 Å². The molecule has 146 valence electrons. The summed E-state index contributed by atoms with van der Waals surface area (Å²) in [6.07, 6.45) is 14.4. The van der Waals surface area contributed by atoms with E-state index in [0.717, 1.165) is 24.2 Å². The number of hydrogen-bond acceptors (Lipinski definition) is 1. The van der Waals surface area contributed by atoms with Gasteiger partial charge in [-0.3, -0.25) is 0 Å². The summed E-state index contributed by atoms with van der Waals surface area (Å²) in [5, 5.41) is 11.3. The van der Waals surface area contributed by atoms with Crippen molar-refractivity contribution in [1.29, 1.82) is 0 Å². The van der Waals surface area contributed by atoms with E-state index in [-0.39, 0.29) is 11.5 Å². The van der Waals surface area contributed by atoms with Gasteiger partial charge < -0.3 is 5.11 Å². The molecular formula is C26H36O. The molecule has 0 amide bonds. The normalized spacial score (nSPS) is 48.0. The van der Waals surface area contributed by atoms with Crippen LogP contribution in [0.4, 0.5) is 0 Å². The highest BCUT2D eigenvalue weighted by Crippen LogP contribution is 2.67. The molecule has 1 heteroatoms. The molecule has 4 aliphatic rings. The first-order chi connectivity index (χ1) is 13.0. The van der Waals surface area contributed by atoms with Crippen LogP contribution in [0.25, 0.3) is 6.08 Å². The molecule has 0 heterocycles. The average molecular weight is 365 g/mol. The Morgan fingerprint density at radius 2 is 1.70 bits per heavy atom. The molecule has 4 saturated carbocycles. The molecule has 0 radical (unpaired) electrons. The molecule has 27 heavy (non-hydrogen) atoms. The summed E-state index contributed by atoms with van der Waals surface area (Å²) in [7, 11) is 0. The van der Waals surface area contributed by atoms with Crippen molar-refractivity contribution in [3.63, 3.8) is 0 Å². The summed E-state index contributed by atoms with van der Waals surface area (Å²) < 4.78 is 0. The molecule has 0 unspecified atom stereocenters. The van der Waals surface area contributed by atoms with Crippen molar-refractivity contribution in [3.05, 3.63) is 41.5 Å². The zero-order valence-corrected chi connectivity index (χ0v) is 17.2. The predicted octanol–water partition coefficient (Wildman–Crippen LogP) is 6.47. The lowest BCUT2D eigenvalue weighted by atomic mass is 9.45. The third-order valence-corrected chi connectivity index (χ3v) is 9.60. The molecule has 0 bridgehead atoms. The first-order valence-corrected chi connectivity index (χ1v) is 11.5. The molecule has 0 saturated heterocycles. The second kappa shape index (κ2) is 6.48. The van der Waals surface area contributed by atoms with Gasteiger partial charge in [-0.2, -0.15) is 0 Å². The van der Waals surface area contributed by atoms with Gasteiger partial charge in [-0.05, 0) is 85.2 Å². The largest absolute Gasteiger partial charge is 0.388 e. The second-order valence-corrected chi connectivity index (χ2v) is 10.7. The highest BCUT2D eigenvalue weighted by molar-refractivity contribution is 5.55. The lowest BCUT2D eigenvalue weighted by Crippen LogP contribution is -2.53. The number of aliphatic hydroxyl groups excluding tert-OH is 1. The van der Waals surface area contributed by atoms with E-state index >= 15 is 0 Å². The zero-order valence-electron chi connectivity index (χ0n) is 17.2. The minimum absolute atomic E-state index is 0.0969. The molecule has 0 aromatic heterocycles. The van der Waals surface area contributed by atoms with Crippen LogP contribution in [-0.2, 0) is 0 Å². The van der Waals surface area contributed by atoms with Gasteiger partial charge in [0.25, 0.3) is 0 Å². The topological polar surface area (TPSA) is 20.2 Å². The van der Waals surface area contributed by atoms with E-state index in [1.807, 2.05) is 0 Å². The number of benzene rings is 1. The molecule has 1 N–H and O–H groups in total. The van der Waals surface area contributed by atoms with Crippen LogP contribution >= 0.6 is 0 Å². The quantitative estimate of drug-likeness (QED) is 0.605. The van der Waals surface area contributed by atoms with E-state index < -0.39 is 0 Å². The first-order valence-electron chi connectivity index (χ1n) is 11.5. The molecule has 7 atom stereocenters. The smallest absolute Gasteiger partial charge is 0.0809 e. The first kappa shape index (κ1) is 18.0. The van der Waals surface area contributed by atoms with Crippen LogP contribution < -0.4 is 0 Å². The lowest BCUT2D eigenvalue weighted by Gasteiger charge is -2.60. The van der Waals surface area contributed by atoms with Gasteiger partial charge in [0.15, 0.2) is 0 Å². The highest BCUT2D eigenvalue weighted by Gasteiger charge is 2.60. The number of aliphatic hydroxyl groups is 1. The van der Waals surface area contributed by atoms with Gasteiger partial charge in [0.1, 0.15) is 0 Å². The molecule has 1 aromatic carbocycles. The Morgan fingerprint density at radius 1 is 0.889 bits per heavy atom. The van der Waals surface area contributed by atoms with Crippen molar-refractivity contribution in [2.24, 2.45) is 34.5 Å². The third-order valence-electron chi connectivity index (χ3n) is 9.60. The van der Waals surface area contributed by atoms with E-state index in [4.69, 9.17) is 0 Å². The number of rotatable bonds is 1. The molecule has 0 spiro atoms. The Morgan fingerprint density at radius 3 is 2.52 bits per heavy atom. The van der Waals surface area contributed by atoms with Crippen molar-refractivity contribution in [3.8, 4) is 0 Å². The van der Waals surface area contributed by atoms with Crippen molar-refractivity contribution in [1.82, 2.24) is 0 Å². The van der Waals surface area contributed by atoms with Crippen LogP contribution in [0.5, 0.6) is 0 Å². The van der Waals surface area contributed by atoms with Crippen LogP contribution in [0.1, 0.15) is 77.2 Å². The average Bonchev–Trinajstić information content (AvgIpc) is 2.93. The Kier molecular flexibility index (Phi) is 4.31. The molecule has 0 aliphatic heterocycles. The van der Waals surface area contributed by atoms with Gasteiger partial charge >= 0.3 is 0 Å². The van der Waals surface area contributed by atoms with Gasteiger partial charge in [0.2, 0.25) is 0 Å². The Balaban J connectivity index is 1.46. The third kappa shape index (κ3) is 2.68. The standard InChI is InChI=1S/C26H36O/c1-25-14-7-6-10-20(25)11-12-21-22(25)13-15-26(2)23(21)17-19(24(26)27)16-18-8-4-3-5-9-18/h3-5,8-9,16,20-24,27H,6-7,10-15,17H2,1-2H3/b19-16+/t20-,21-,22+,23-,24+,25+,26+/m1/s1. The fraction of sp³-hybridized carbons (Fsp3) is 0.692. The summed E-state index contributed by atoms with van der Waals surface area (Å²) >= 11 is 0. The van der Waals surface area contributed by atoms with E-state index in [9.17, 15) is 5.11 Å². The minimum atomic E-state index is -0.249. The van der Waals surface area contributed by atoms with Crippen LogP contribution in [-0.4, -0.2) is 11.2 Å². The molecule has 4 aliphatic carbocycles. The van der Waals surface area contributed by atoms with E-state index in [1.54, 1.807) is 0 Å². The van der Waals surface area contributed by atoms with Crippen LogP contribution in [0.15, 0.2) is 35.9 Å². The maximum absolute atomic E-state index is 11.3. The summed E-state index contributed by atoms with van der Waals surface area (Å²) in [5.74, 6) is 3.39. The van der Waals surface area contributed by atoms with Gasteiger partial charge in [-0.15, -0.1) is 0 Å². The summed E-state index contributed by atoms with van der Waals surface area (Å²) in [5.41, 5.74) is 3.22. The summed E-state index contributed by atoms with van der Waals surface area (Å²) in [6.45, 7) is 5.04. The van der Waals surface area contributed by atoms with E-state index in [0.29, 0.717) is 11.3 Å². The van der Waals surface area contributed by atoms with E-state index in [1.165, 1.54) is 62.5 Å². The zero-order chi connectivity index (χ0) is 18.6. The number of hydrogen-bond donors (Lipinski definition) is 1. The fourth-order valence-electron chi connectivity index (χ4n) is 8.06. The van der Waals surface area contributed by atoms with Gasteiger partial charge in [0.05, 0.1) is 6.10 Å². The fourth-order valence-corrected chi connectivity index (χ4v) is 8.06. The van der Waals surface area contributed by atoms with Gasteiger partial charge in [-0.1, -0.05) is 63.1 Å². The Labute approximate surface area is 165 Å². The maximum atomic E-state index is 11.3. The summed E-state index contributed by atoms with van der Waals surface area (Å²) in [6, 6.07) is 10.6. The molecule has 1 aromatic rings. The monoisotopic (exact) mass is 364 g/mol. The molecule has 1 nitrogen and oxygen atoms in total. The maximum Gasteiger partial charge on any atom is 0.0809 e. The van der Waals surface area contributed by atoms with Gasteiger partial charge in [0, 0.05) is 5.41 Å². The van der Waals surface area contributed by atoms with E-state index in [2.05, 4.69) is 50.3 Å². The van der Waals surface area contributed by atoms with Crippen molar-refractivity contribution in [2.75, 3.05) is 0 Å².